The number of halogens is 1. The van der Waals surface area contributed by atoms with Gasteiger partial charge in [-0.2, -0.15) is 0 Å². The van der Waals surface area contributed by atoms with Crippen LogP contribution in [0.25, 0.3) is 0 Å². The Hall–Kier alpha value is -1.26. The van der Waals surface area contributed by atoms with Crippen LogP contribution in [0.4, 0.5) is 0 Å². The van der Waals surface area contributed by atoms with Crippen molar-refractivity contribution in [1.82, 2.24) is 4.90 Å². The highest BCUT2D eigenvalue weighted by Crippen LogP contribution is 2.63. The number of carbonyl (C=O) groups is 1. The minimum absolute atomic E-state index is 0.0165. The number of phenolic OH excluding ortho intramolecular Hbond substituents is 1. The van der Waals surface area contributed by atoms with Gasteiger partial charge in [0, 0.05) is 29.6 Å². The number of nitrogens with zero attached hydrogens (tertiary/aromatic N) is 1. The lowest BCUT2D eigenvalue weighted by molar-refractivity contribution is -0.163. The summed E-state index contributed by atoms with van der Waals surface area (Å²) in [6, 6.07) is 5.03. The fourth-order valence-corrected chi connectivity index (χ4v) is 7.52. The van der Waals surface area contributed by atoms with E-state index in [-0.39, 0.29) is 35.1 Å². The van der Waals surface area contributed by atoms with Gasteiger partial charge in [0.25, 0.3) is 0 Å². The van der Waals surface area contributed by atoms with Crippen molar-refractivity contribution in [3.8, 4) is 5.75 Å². The lowest BCUT2D eigenvalue weighted by atomic mass is 9.46. The molecular formula is C22H28ClNO3. The zero-order valence-electron chi connectivity index (χ0n) is 15.7. The van der Waals surface area contributed by atoms with Gasteiger partial charge in [-0.15, -0.1) is 0 Å². The maximum atomic E-state index is 13.4. The van der Waals surface area contributed by atoms with Gasteiger partial charge in [-0.05, 0) is 86.3 Å². The van der Waals surface area contributed by atoms with Crippen molar-refractivity contribution in [1.29, 1.82) is 0 Å². The van der Waals surface area contributed by atoms with Crippen LogP contribution in [0.5, 0.6) is 5.75 Å². The van der Waals surface area contributed by atoms with Gasteiger partial charge < -0.3 is 15.1 Å². The van der Waals surface area contributed by atoms with Crippen LogP contribution in [0.2, 0.25) is 5.02 Å². The maximum absolute atomic E-state index is 13.4. The van der Waals surface area contributed by atoms with Crippen LogP contribution in [-0.2, 0) is 11.2 Å². The Kier molecular flexibility index (Phi) is 4.04. The Morgan fingerprint density at radius 3 is 2.59 bits per heavy atom. The van der Waals surface area contributed by atoms with E-state index < -0.39 is 0 Å². The second kappa shape index (κ2) is 6.12. The highest BCUT2D eigenvalue weighted by Gasteiger charge is 2.61. The van der Waals surface area contributed by atoms with Crippen molar-refractivity contribution in [2.45, 2.75) is 56.9 Å². The van der Waals surface area contributed by atoms with Gasteiger partial charge >= 0.3 is 0 Å². The van der Waals surface area contributed by atoms with Gasteiger partial charge in [-0.1, -0.05) is 17.7 Å². The Balaban J connectivity index is 1.37. The van der Waals surface area contributed by atoms with E-state index in [1.165, 1.54) is 6.42 Å². The summed E-state index contributed by atoms with van der Waals surface area (Å²) in [4.78, 5) is 15.6. The van der Waals surface area contributed by atoms with Crippen molar-refractivity contribution < 1.29 is 15.0 Å². The first kappa shape index (κ1) is 17.8. The molecule has 0 radical (unpaired) electrons. The number of likely N-dealkylation sites (tertiary alicyclic amines) is 1. The number of carbonyl (C=O) groups excluding carboxylic acids is 1. The van der Waals surface area contributed by atoms with Crippen molar-refractivity contribution in [2.75, 3.05) is 13.2 Å². The Bertz CT molecular complexity index is 765. The summed E-state index contributed by atoms with van der Waals surface area (Å²) in [6.07, 6.45) is 8.35. The molecule has 27 heavy (non-hydrogen) atoms. The molecule has 4 nitrogen and oxygen atoms in total. The second-order valence-corrected chi connectivity index (χ2v) is 10.2. The molecule has 3 unspecified atom stereocenters. The summed E-state index contributed by atoms with van der Waals surface area (Å²) in [5, 5.41) is 20.2. The smallest absolute Gasteiger partial charge is 0.226 e. The molecule has 5 heteroatoms. The third-order valence-electron chi connectivity index (χ3n) is 7.88. The molecule has 1 saturated heterocycles. The average Bonchev–Trinajstić information content (AvgIpc) is 2.98. The van der Waals surface area contributed by atoms with E-state index in [0.717, 1.165) is 50.6 Å². The van der Waals surface area contributed by atoms with Crippen molar-refractivity contribution in [2.24, 2.45) is 23.2 Å². The SMILES string of the molecule is O=C1C(Cc2ccc(O)cc2Cl)CCN1C12CC3CC(CC(CO)(C3)C1)C2. The number of amides is 1. The summed E-state index contributed by atoms with van der Waals surface area (Å²) >= 11 is 6.27. The normalized spacial score (nSPS) is 40.1. The molecule has 146 valence electrons. The molecule has 5 fully saturated rings. The fraction of sp³-hybridized carbons (Fsp3) is 0.682. The number of phenols is 1. The molecule has 1 amide bonds. The highest BCUT2D eigenvalue weighted by atomic mass is 35.5. The zero-order chi connectivity index (χ0) is 18.8. The van der Waals surface area contributed by atoms with Crippen LogP contribution < -0.4 is 0 Å². The van der Waals surface area contributed by atoms with Crippen LogP contribution in [-0.4, -0.2) is 39.7 Å². The van der Waals surface area contributed by atoms with Gasteiger partial charge in [-0.25, -0.2) is 0 Å². The molecule has 2 N–H and O–H groups in total. The van der Waals surface area contributed by atoms with Gasteiger partial charge in [0.2, 0.25) is 5.91 Å². The zero-order valence-corrected chi connectivity index (χ0v) is 16.4. The molecule has 1 aromatic carbocycles. The third kappa shape index (κ3) is 2.79. The lowest BCUT2D eigenvalue weighted by Gasteiger charge is -2.64. The van der Waals surface area contributed by atoms with E-state index in [1.807, 2.05) is 6.07 Å². The fourth-order valence-electron chi connectivity index (χ4n) is 7.27. The van der Waals surface area contributed by atoms with Crippen LogP contribution in [0.3, 0.4) is 0 Å². The minimum Gasteiger partial charge on any atom is -0.508 e. The largest absolute Gasteiger partial charge is 0.508 e. The summed E-state index contributed by atoms with van der Waals surface area (Å²) in [5.74, 6) is 1.76. The van der Waals surface area contributed by atoms with Crippen LogP contribution >= 0.6 is 11.6 Å². The number of benzene rings is 1. The van der Waals surface area contributed by atoms with E-state index in [4.69, 9.17) is 11.6 Å². The van der Waals surface area contributed by atoms with Gasteiger partial charge in [0.05, 0.1) is 0 Å². The number of hydrogen-bond acceptors (Lipinski definition) is 3. The van der Waals surface area contributed by atoms with Crippen molar-refractivity contribution >= 4 is 17.5 Å². The summed E-state index contributed by atoms with van der Waals surface area (Å²) in [7, 11) is 0. The summed E-state index contributed by atoms with van der Waals surface area (Å²) in [6.45, 7) is 1.11. The molecule has 4 bridgehead atoms. The molecule has 3 atom stereocenters. The number of aromatic hydroxyl groups is 1. The second-order valence-electron chi connectivity index (χ2n) is 9.80. The Morgan fingerprint density at radius 2 is 1.93 bits per heavy atom. The lowest BCUT2D eigenvalue weighted by Crippen LogP contribution is -2.64. The average molecular weight is 390 g/mol. The minimum atomic E-state index is -0.0230. The number of rotatable bonds is 4. The summed E-state index contributed by atoms with van der Waals surface area (Å²) < 4.78 is 0. The molecule has 5 aliphatic rings. The first-order chi connectivity index (χ1) is 12.9. The Morgan fingerprint density at radius 1 is 1.19 bits per heavy atom. The monoisotopic (exact) mass is 389 g/mol. The molecule has 1 aromatic rings. The molecular weight excluding hydrogens is 362 g/mol. The number of hydrogen-bond donors (Lipinski definition) is 2. The third-order valence-corrected chi connectivity index (χ3v) is 8.23. The van der Waals surface area contributed by atoms with Gasteiger partial charge in [0.15, 0.2) is 0 Å². The quantitative estimate of drug-likeness (QED) is 0.824. The molecule has 0 aromatic heterocycles. The van der Waals surface area contributed by atoms with E-state index in [9.17, 15) is 15.0 Å². The molecule has 4 aliphatic carbocycles. The topological polar surface area (TPSA) is 60.8 Å². The van der Waals surface area contributed by atoms with Crippen LogP contribution in [0.15, 0.2) is 18.2 Å². The predicted molar refractivity (Wildman–Crippen MR) is 104 cm³/mol. The first-order valence-electron chi connectivity index (χ1n) is 10.3. The Labute approximate surface area is 165 Å². The van der Waals surface area contributed by atoms with Gasteiger partial charge in [-0.3, -0.25) is 4.79 Å². The van der Waals surface area contributed by atoms with Crippen LogP contribution in [0, 0.1) is 23.2 Å². The number of aliphatic hydroxyl groups is 1. The highest BCUT2D eigenvalue weighted by molar-refractivity contribution is 6.31. The standard InChI is InChI=1S/C22H28ClNO3/c23-19-7-18(26)2-1-16(19)6-17-3-4-24(20(17)27)22-10-14-5-15(11-22)9-21(8-14,12-22)13-25/h1-2,7,14-15,17,25-26H,3-6,8-13H2. The molecule has 6 rings (SSSR count). The maximum Gasteiger partial charge on any atom is 0.226 e. The van der Waals surface area contributed by atoms with E-state index in [1.54, 1.807) is 12.1 Å². The van der Waals surface area contributed by atoms with Crippen molar-refractivity contribution in [3.63, 3.8) is 0 Å². The molecule has 0 spiro atoms. The van der Waals surface area contributed by atoms with Gasteiger partial charge in [0.1, 0.15) is 5.75 Å². The molecule has 1 heterocycles. The first-order valence-corrected chi connectivity index (χ1v) is 10.7. The van der Waals surface area contributed by atoms with E-state index in [0.29, 0.717) is 23.3 Å². The van der Waals surface area contributed by atoms with E-state index >= 15 is 0 Å². The predicted octanol–water partition coefficient (Wildman–Crippen LogP) is 3.77. The molecule has 4 saturated carbocycles. The van der Waals surface area contributed by atoms with Crippen molar-refractivity contribution in [3.05, 3.63) is 28.8 Å². The summed E-state index contributed by atoms with van der Waals surface area (Å²) in [5.41, 5.74) is 0.979. The molecule has 1 aliphatic heterocycles. The van der Waals surface area contributed by atoms with Crippen LogP contribution in [0.1, 0.15) is 50.5 Å². The number of aliphatic hydroxyl groups excluding tert-OH is 1. The van der Waals surface area contributed by atoms with E-state index in [2.05, 4.69) is 4.90 Å².